The first kappa shape index (κ1) is 12.0. The van der Waals surface area contributed by atoms with Crippen molar-refractivity contribution < 1.29 is 4.74 Å². The molecule has 0 spiro atoms. The Balaban J connectivity index is 1.44. The van der Waals surface area contributed by atoms with Crippen molar-refractivity contribution in [3.63, 3.8) is 0 Å². The van der Waals surface area contributed by atoms with Crippen LogP contribution < -0.4 is 10.1 Å². The van der Waals surface area contributed by atoms with Crippen molar-refractivity contribution in [1.82, 2.24) is 5.32 Å². The summed E-state index contributed by atoms with van der Waals surface area (Å²) in [7, 11) is 0. The summed E-state index contributed by atoms with van der Waals surface area (Å²) in [6.45, 7) is 2.02. The fourth-order valence-electron chi connectivity index (χ4n) is 2.79. The maximum Gasteiger partial charge on any atom is 0.119 e. The van der Waals surface area contributed by atoms with Crippen molar-refractivity contribution in [3.05, 3.63) is 30.3 Å². The number of rotatable bonds is 6. The fraction of sp³-hybridized carbons (Fsp3) is 0.625. The minimum atomic E-state index is 0.429. The average Bonchev–Trinajstić information content (AvgIpc) is 3.00. The van der Waals surface area contributed by atoms with Crippen molar-refractivity contribution in [3.8, 4) is 5.75 Å². The van der Waals surface area contributed by atoms with Gasteiger partial charge in [-0.3, -0.25) is 0 Å². The monoisotopic (exact) mass is 245 g/mol. The van der Waals surface area contributed by atoms with E-state index in [-0.39, 0.29) is 0 Å². The zero-order valence-electron chi connectivity index (χ0n) is 11.0. The maximum absolute atomic E-state index is 5.91. The summed E-state index contributed by atoms with van der Waals surface area (Å²) in [6, 6.07) is 11.0. The Labute approximate surface area is 110 Å². The van der Waals surface area contributed by atoms with Crippen molar-refractivity contribution in [2.75, 3.05) is 13.2 Å². The largest absolute Gasteiger partial charge is 0.493 e. The summed E-state index contributed by atoms with van der Waals surface area (Å²) in [5.41, 5.74) is 0.429. The predicted octanol–water partition coefficient (Wildman–Crippen LogP) is 3.38. The van der Waals surface area contributed by atoms with Crippen molar-refractivity contribution in [1.29, 1.82) is 0 Å². The second-order valence-corrected chi connectivity index (χ2v) is 5.96. The highest BCUT2D eigenvalue weighted by molar-refractivity contribution is 5.21. The van der Waals surface area contributed by atoms with Crippen molar-refractivity contribution >= 4 is 0 Å². The van der Waals surface area contributed by atoms with Gasteiger partial charge in [-0.2, -0.15) is 0 Å². The topological polar surface area (TPSA) is 21.3 Å². The molecule has 2 aliphatic rings. The minimum absolute atomic E-state index is 0.429. The third-order valence-electron chi connectivity index (χ3n) is 4.37. The van der Waals surface area contributed by atoms with Gasteiger partial charge in [0.15, 0.2) is 0 Å². The molecular weight excluding hydrogens is 222 g/mol. The van der Waals surface area contributed by atoms with Crippen LogP contribution in [0.3, 0.4) is 0 Å². The van der Waals surface area contributed by atoms with Crippen LogP contribution in [-0.2, 0) is 0 Å². The highest BCUT2D eigenvalue weighted by Crippen LogP contribution is 2.45. The fourth-order valence-corrected chi connectivity index (χ4v) is 2.79. The van der Waals surface area contributed by atoms with Gasteiger partial charge in [-0.25, -0.2) is 0 Å². The van der Waals surface area contributed by atoms with Crippen LogP contribution in [0.25, 0.3) is 0 Å². The molecule has 1 aromatic rings. The lowest BCUT2D eigenvalue weighted by Gasteiger charge is -2.20. The van der Waals surface area contributed by atoms with Crippen LogP contribution in [-0.4, -0.2) is 19.2 Å². The molecule has 1 aromatic carbocycles. The quantitative estimate of drug-likeness (QED) is 0.829. The van der Waals surface area contributed by atoms with E-state index in [0.29, 0.717) is 5.41 Å². The first-order chi connectivity index (χ1) is 8.86. The van der Waals surface area contributed by atoms with Gasteiger partial charge in [0.2, 0.25) is 0 Å². The lowest BCUT2D eigenvalue weighted by Crippen LogP contribution is -2.34. The first-order valence-corrected chi connectivity index (χ1v) is 7.28. The molecule has 2 saturated carbocycles. The Kier molecular flexibility index (Phi) is 3.55. The van der Waals surface area contributed by atoms with E-state index in [1.165, 1.54) is 38.5 Å². The third kappa shape index (κ3) is 3.05. The van der Waals surface area contributed by atoms with Crippen LogP contribution in [0.2, 0.25) is 0 Å². The molecule has 0 aliphatic heterocycles. The smallest absolute Gasteiger partial charge is 0.119 e. The van der Waals surface area contributed by atoms with Gasteiger partial charge in [-0.15, -0.1) is 0 Å². The van der Waals surface area contributed by atoms with E-state index in [1.807, 2.05) is 30.3 Å². The van der Waals surface area contributed by atoms with Gasteiger partial charge in [0.1, 0.15) is 5.75 Å². The molecular formula is C16H23NO. The molecule has 3 rings (SSSR count). The molecule has 0 unspecified atom stereocenters. The van der Waals surface area contributed by atoms with E-state index >= 15 is 0 Å². The molecule has 2 nitrogen and oxygen atoms in total. The molecule has 1 N–H and O–H groups in total. The van der Waals surface area contributed by atoms with Gasteiger partial charge in [-0.05, 0) is 37.8 Å². The molecule has 98 valence electrons. The summed E-state index contributed by atoms with van der Waals surface area (Å²) in [5, 5.41) is 3.74. The normalized spacial score (nSPS) is 22.0. The number of hydrogen-bond acceptors (Lipinski definition) is 2. The summed E-state index contributed by atoms with van der Waals surface area (Å²) in [6.07, 6.45) is 8.20. The number of nitrogens with one attached hydrogen (secondary N) is 1. The van der Waals surface area contributed by atoms with Gasteiger partial charge in [0.25, 0.3) is 0 Å². The SMILES string of the molecule is c1ccc(OCC2(CNC3CCCC3)CC2)cc1. The Morgan fingerprint density at radius 1 is 1.11 bits per heavy atom. The molecule has 0 saturated heterocycles. The maximum atomic E-state index is 5.91. The van der Waals surface area contributed by atoms with Gasteiger partial charge >= 0.3 is 0 Å². The molecule has 18 heavy (non-hydrogen) atoms. The van der Waals surface area contributed by atoms with E-state index in [9.17, 15) is 0 Å². The van der Waals surface area contributed by atoms with E-state index < -0.39 is 0 Å². The van der Waals surface area contributed by atoms with E-state index in [4.69, 9.17) is 4.74 Å². The number of benzene rings is 1. The lowest BCUT2D eigenvalue weighted by atomic mass is 10.1. The molecule has 2 fully saturated rings. The second-order valence-electron chi connectivity index (χ2n) is 5.96. The Bertz CT molecular complexity index is 366. The second kappa shape index (κ2) is 5.31. The number of ether oxygens (including phenoxy) is 1. The summed E-state index contributed by atoms with van der Waals surface area (Å²) >= 11 is 0. The van der Waals surface area contributed by atoms with Crippen molar-refractivity contribution in [2.45, 2.75) is 44.6 Å². The summed E-state index contributed by atoms with van der Waals surface area (Å²) in [5.74, 6) is 1.00. The van der Waals surface area contributed by atoms with Crippen LogP contribution >= 0.6 is 0 Å². The van der Waals surface area contributed by atoms with Crippen LogP contribution in [0.15, 0.2) is 30.3 Å². The highest BCUT2D eigenvalue weighted by atomic mass is 16.5. The minimum Gasteiger partial charge on any atom is -0.493 e. The number of para-hydroxylation sites is 1. The molecule has 0 atom stereocenters. The molecule has 0 amide bonds. The van der Waals surface area contributed by atoms with Crippen LogP contribution in [0, 0.1) is 5.41 Å². The van der Waals surface area contributed by atoms with Crippen LogP contribution in [0.4, 0.5) is 0 Å². The molecule has 0 bridgehead atoms. The molecule has 0 aromatic heterocycles. The van der Waals surface area contributed by atoms with E-state index in [1.54, 1.807) is 0 Å². The van der Waals surface area contributed by atoms with E-state index in [0.717, 1.165) is 24.9 Å². The highest BCUT2D eigenvalue weighted by Gasteiger charge is 2.43. The lowest BCUT2D eigenvalue weighted by molar-refractivity contribution is 0.224. The van der Waals surface area contributed by atoms with Gasteiger partial charge in [0.05, 0.1) is 6.61 Å². The Morgan fingerprint density at radius 2 is 1.83 bits per heavy atom. The number of hydrogen-bond donors (Lipinski definition) is 1. The zero-order chi connectivity index (χ0) is 12.3. The summed E-state index contributed by atoms with van der Waals surface area (Å²) < 4.78 is 5.91. The molecule has 0 heterocycles. The van der Waals surface area contributed by atoms with Gasteiger partial charge in [-0.1, -0.05) is 31.0 Å². The van der Waals surface area contributed by atoms with Gasteiger partial charge in [0, 0.05) is 18.0 Å². The standard InChI is InChI=1S/C16H23NO/c1-2-8-15(9-3-1)18-13-16(10-11-16)12-17-14-6-4-5-7-14/h1-3,8-9,14,17H,4-7,10-13H2. The third-order valence-corrected chi connectivity index (χ3v) is 4.37. The predicted molar refractivity (Wildman–Crippen MR) is 73.9 cm³/mol. The van der Waals surface area contributed by atoms with Crippen LogP contribution in [0.1, 0.15) is 38.5 Å². The van der Waals surface area contributed by atoms with Gasteiger partial charge < -0.3 is 10.1 Å². The van der Waals surface area contributed by atoms with Crippen LogP contribution in [0.5, 0.6) is 5.75 Å². The molecule has 2 aliphatic carbocycles. The zero-order valence-corrected chi connectivity index (χ0v) is 11.0. The first-order valence-electron chi connectivity index (χ1n) is 7.28. The van der Waals surface area contributed by atoms with Crippen molar-refractivity contribution in [2.24, 2.45) is 5.41 Å². The molecule has 2 heteroatoms. The average molecular weight is 245 g/mol. The molecule has 0 radical (unpaired) electrons. The Morgan fingerprint density at radius 3 is 2.50 bits per heavy atom. The Hall–Kier alpha value is -1.02. The van der Waals surface area contributed by atoms with E-state index in [2.05, 4.69) is 5.32 Å². The summed E-state index contributed by atoms with van der Waals surface area (Å²) in [4.78, 5) is 0.